The van der Waals surface area contributed by atoms with Crippen LogP contribution >= 0.6 is 0 Å². The van der Waals surface area contributed by atoms with E-state index in [9.17, 15) is 14.4 Å². The molecule has 1 aromatic heterocycles. The quantitative estimate of drug-likeness (QED) is 0.795. The molecule has 0 unspecified atom stereocenters. The van der Waals surface area contributed by atoms with Crippen LogP contribution in [0.2, 0.25) is 0 Å². The Morgan fingerprint density at radius 2 is 2.16 bits per heavy atom. The SMILES string of the molecule is CC1(C)CC(=O)N(Cc2ncncc2C(=O)O)C1=O. The number of hydrogen-bond donors (Lipinski definition) is 1. The Morgan fingerprint density at radius 1 is 1.47 bits per heavy atom. The Kier molecular flexibility index (Phi) is 3.05. The molecule has 2 rings (SSSR count). The molecule has 1 aromatic rings. The molecule has 1 aliphatic heterocycles. The van der Waals surface area contributed by atoms with Crippen molar-refractivity contribution in [3.05, 3.63) is 23.8 Å². The van der Waals surface area contributed by atoms with Crippen LogP contribution in [0.3, 0.4) is 0 Å². The lowest BCUT2D eigenvalue weighted by atomic mass is 9.92. The molecule has 0 bridgehead atoms. The molecule has 0 aliphatic carbocycles. The van der Waals surface area contributed by atoms with Crippen LogP contribution < -0.4 is 0 Å². The number of carbonyl (C=O) groups is 3. The molecule has 0 radical (unpaired) electrons. The van der Waals surface area contributed by atoms with Crippen LogP contribution in [-0.2, 0) is 16.1 Å². The van der Waals surface area contributed by atoms with Crippen molar-refractivity contribution in [3.63, 3.8) is 0 Å². The summed E-state index contributed by atoms with van der Waals surface area (Å²) in [5, 5.41) is 9.01. The van der Waals surface area contributed by atoms with E-state index in [0.717, 1.165) is 11.1 Å². The fraction of sp³-hybridized carbons (Fsp3) is 0.417. The highest BCUT2D eigenvalue weighted by atomic mass is 16.4. The molecule has 1 saturated heterocycles. The van der Waals surface area contributed by atoms with Crippen LogP contribution in [0.5, 0.6) is 0 Å². The van der Waals surface area contributed by atoms with E-state index in [1.807, 2.05) is 0 Å². The number of nitrogens with zero attached hydrogens (tertiary/aromatic N) is 3. The maximum absolute atomic E-state index is 12.0. The first-order valence-electron chi connectivity index (χ1n) is 5.70. The number of rotatable bonds is 3. The van der Waals surface area contributed by atoms with Crippen LogP contribution in [0, 0.1) is 5.41 Å². The molecule has 1 aliphatic rings. The molecule has 7 heteroatoms. The zero-order chi connectivity index (χ0) is 14.2. The third-order valence-electron chi connectivity index (χ3n) is 3.05. The lowest BCUT2D eigenvalue weighted by molar-refractivity contribution is -0.141. The van der Waals surface area contributed by atoms with Crippen molar-refractivity contribution >= 4 is 17.8 Å². The largest absolute Gasteiger partial charge is 0.478 e. The topological polar surface area (TPSA) is 100 Å². The van der Waals surface area contributed by atoms with Gasteiger partial charge in [0.25, 0.3) is 0 Å². The molecule has 0 aromatic carbocycles. The maximum atomic E-state index is 12.0. The number of carbonyl (C=O) groups excluding carboxylic acids is 2. The highest BCUT2D eigenvalue weighted by molar-refractivity contribution is 6.05. The molecule has 0 atom stereocenters. The molecular formula is C12H13N3O4. The predicted molar refractivity (Wildman–Crippen MR) is 62.9 cm³/mol. The molecule has 7 nitrogen and oxygen atoms in total. The molecule has 2 heterocycles. The van der Waals surface area contributed by atoms with E-state index in [1.165, 1.54) is 6.33 Å². The Labute approximate surface area is 109 Å². The summed E-state index contributed by atoms with van der Waals surface area (Å²) in [4.78, 5) is 43.4. The van der Waals surface area contributed by atoms with Gasteiger partial charge < -0.3 is 5.11 Å². The monoisotopic (exact) mass is 263 g/mol. The van der Waals surface area contributed by atoms with Gasteiger partial charge in [0.05, 0.1) is 17.7 Å². The van der Waals surface area contributed by atoms with Crippen molar-refractivity contribution in [3.8, 4) is 0 Å². The summed E-state index contributed by atoms with van der Waals surface area (Å²) in [5.41, 5.74) is -0.692. The summed E-state index contributed by atoms with van der Waals surface area (Å²) in [5.74, 6) is -1.81. The zero-order valence-electron chi connectivity index (χ0n) is 10.6. The fourth-order valence-corrected chi connectivity index (χ4v) is 2.00. The lowest BCUT2D eigenvalue weighted by Gasteiger charge is -2.17. The van der Waals surface area contributed by atoms with Gasteiger partial charge in [-0.1, -0.05) is 13.8 Å². The fourth-order valence-electron chi connectivity index (χ4n) is 2.00. The summed E-state index contributed by atoms with van der Waals surface area (Å²) < 4.78 is 0. The van der Waals surface area contributed by atoms with Gasteiger partial charge >= 0.3 is 5.97 Å². The van der Waals surface area contributed by atoms with Crippen molar-refractivity contribution < 1.29 is 19.5 Å². The third kappa shape index (κ3) is 2.31. The smallest absolute Gasteiger partial charge is 0.339 e. The Bertz CT molecular complexity index is 568. The van der Waals surface area contributed by atoms with Crippen molar-refractivity contribution in [2.45, 2.75) is 26.8 Å². The predicted octanol–water partition coefficient (Wildman–Crippen LogP) is 0.460. The van der Waals surface area contributed by atoms with E-state index in [1.54, 1.807) is 13.8 Å². The lowest BCUT2D eigenvalue weighted by Crippen LogP contribution is -2.33. The van der Waals surface area contributed by atoms with Crippen molar-refractivity contribution in [2.75, 3.05) is 0 Å². The number of carboxylic acids is 1. The molecule has 100 valence electrons. The summed E-state index contributed by atoms with van der Waals surface area (Å²) in [6.07, 6.45) is 2.47. The minimum Gasteiger partial charge on any atom is -0.478 e. The number of amides is 2. The number of aromatic nitrogens is 2. The number of imide groups is 1. The average molecular weight is 263 g/mol. The molecule has 2 amide bonds. The second-order valence-corrected chi connectivity index (χ2v) is 5.03. The van der Waals surface area contributed by atoms with Gasteiger partial charge in [-0.25, -0.2) is 14.8 Å². The van der Waals surface area contributed by atoms with E-state index in [2.05, 4.69) is 9.97 Å². The van der Waals surface area contributed by atoms with Crippen molar-refractivity contribution in [1.82, 2.24) is 14.9 Å². The first-order valence-corrected chi connectivity index (χ1v) is 5.70. The Balaban J connectivity index is 2.30. The molecule has 1 N–H and O–H groups in total. The highest BCUT2D eigenvalue weighted by Gasteiger charge is 2.45. The molecule has 0 spiro atoms. The van der Waals surface area contributed by atoms with Crippen LogP contribution in [0.25, 0.3) is 0 Å². The van der Waals surface area contributed by atoms with Gasteiger partial charge in [0.1, 0.15) is 11.9 Å². The number of likely N-dealkylation sites (tertiary alicyclic amines) is 1. The summed E-state index contributed by atoms with van der Waals surface area (Å²) in [6, 6.07) is 0. The third-order valence-corrected chi connectivity index (χ3v) is 3.05. The minimum atomic E-state index is -1.19. The number of hydrogen-bond acceptors (Lipinski definition) is 5. The molecule has 19 heavy (non-hydrogen) atoms. The van der Waals surface area contributed by atoms with Crippen LogP contribution in [-0.4, -0.2) is 37.8 Å². The summed E-state index contributed by atoms with van der Waals surface area (Å²) >= 11 is 0. The van der Waals surface area contributed by atoms with Gasteiger partial charge in [0, 0.05) is 12.6 Å². The van der Waals surface area contributed by atoms with Gasteiger partial charge in [-0.15, -0.1) is 0 Å². The Hall–Kier alpha value is -2.31. The summed E-state index contributed by atoms with van der Waals surface area (Å²) in [6.45, 7) is 3.24. The highest BCUT2D eigenvalue weighted by Crippen LogP contribution is 2.32. The first kappa shape index (κ1) is 13.1. The van der Waals surface area contributed by atoms with Gasteiger partial charge in [-0.2, -0.15) is 0 Å². The molecular weight excluding hydrogens is 250 g/mol. The van der Waals surface area contributed by atoms with Crippen molar-refractivity contribution in [2.24, 2.45) is 5.41 Å². The van der Waals surface area contributed by atoms with E-state index in [0.29, 0.717) is 0 Å². The van der Waals surface area contributed by atoms with Gasteiger partial charge in [-0.3, -0.25) is 14.5 Å². The number of carboxylic acid groups (broad SMARTS) is 1. The van der Waals surface area contributed by atoms with E-state index in [-0.39, 0.29) is 36.0 Å². The second-order valence-electron chi connectivity index (χ2n) is 5.03. The van der Waals surface area contributed by atoms with E-state index < -0.39 is 11.4 Å². The number of aromatic carboxylic acids is 1. The van der Waals surface area contributed by atoms with Crippen LogP contribution in [0.4, 0.5) is 0 Å². The van der Waals surface area contributed by atoms with Gasteiger partial charge in [0.15, 0.2) is 0 Å². The summed E-state index contributed by atoms with van der Waals surface area (Å²) in [7, 11) is 0. The molecule has 1 fully saturated rings. The van der Waals surface area contributed by atoms with Gasteiger partial charge in [0.2, 0.25) is 11.8 Å². The minimum absolute atomic E-state index is 0.104. The van der Waals surface area contributed by atoms with Crippen LogP contribution in [0.15, 0.2) is 12.5 Å². The first-order chi connectivity index (χ1) is 8.83. The van der Waals surface area contributed by atoms with E-state index >= 15 is 0 Å². The van der Waals surface area contributed by atoms with Crippen LogP contribution in [0.1, 0.15) is 36.3 Å². The van der Waals surface area contributed by atoms with Gasteiger partial charge in [-0.05, 0) is 0 Å². The zero-order valence-corrected chi connectivity index (χ0v) is 10.6. The second kappa shape index (κ2) is 4.42. The molecule has 0 saturated carbocycles. The standard InChI is InChI=1S/C12H13N3O4/c1-12(2)3-9(16)15(11(12)19)5-8-7(10(17)18)4-13-6-14-8/h4,6H,3,5H2,1-2H3,(H,17,18). The Morgan fingerprint density at radius 3 is 2.68 bits per heavy atom. The maximum Gasteiger partial charge on any atom is 0.339 e. The van der Waals surface area contributed by atoms with Crippen molar-refractivity contribution in [1.29, 1.82) is 0 Å². The van der Waals surface area contributed by atoms with E-state index in [4.69, 9.17) is 5.11 Å². The average Bonchev–Trinajstić information content (AvgIpc) is 2.52. The normalized spacial score (nSPS) is 17.9.